The number of fused-ring (bicyclic) bond motifs is 1. The number of halogens is 1. The molecule has 0 saturated heterocycles. The number of ether oxygens (including phenoxy) is 5. The van der Waals surface area contributed by atoms with Crippen molar-refractivity contribution in [3.05, 3.63) is 34.9 Å². The van der Waals surface area contributed by atoms with Crippen molar-refractivity contribution in [1.82, 2.24) is 9.97 Å². The molecule has 4 rings (SSSR count). The molecule has 0 bridgehead atoms. The first-order valence-corrected chi connectivity index (χ1v) is 9.63. The van der Waals surface area contributed by atoms with Crippen molar-refractivity contribution in [2.75, 3.05) is 39.2 Å². The molecule has 1 aliphatic heterocycles. The van der Waals surface area contributed by atoms with Crippen LogP contribution < -0.4 is 34.7 Å². The number of nitrogens with one attached hydrogen (secondary N) is 1. The van der Waals surface area contributed by atoms with Crippen LogP contribution in [0.25, 0.3) is 11.1 Å². The second kappa shape index (κ2) is 8.15. The van der Waals surface area contributed by atoms with E-state index in [0.29, 0.717) is 45.9 Å². The predicted octanol–water partition coefficient (Wildman–Crippen LogP) is 3.99. The third-order valence-electron chi connectivity index (χ3n) is 4.53. The van der Waals surface area contributed by atoms with Gasteiger partial charge in [-0.3, -0.25) is 0 Å². The topological polar surface area (TPSA) is 110 Å². The maximum absolute atomic E-state index is 6.26. The summed E-state index contributed by atoms with van der Waals surface area (Å²) in [4.78, 5) is 8.80. The van der Waals surface area contributed by atoms with Crippen LogP contribution in [0.1, 0.15) is 0 Å². The Morgan fingerprint density at radius 3 is 2.53 bits per heavy atom. The monoisotopic (exact) mass is 474 g/mol. The Balaban J connectivity index is 1.70. The van der Waals surface area contributed by atoms with Gasteiger partial charge in [0.25, 0.3) is 0 Å². The number of nitrogen functional groups attached to an aromatic ring is 1. The number of anilines is 3. The molecule has 0 amide bonds. The summed E-state index contributed by atoms with van der Waals surface area (Å²) in [6, 6.07) is 7.22. The second-order valence-electron chi connectivity index (χ2n) is 6.16. The van der Waals surface area contributed by atoms with Gasteiger partial charge in [-0.25, -0.2) is 4.98 Å². The smallest absolute Gasteiger partial charge is 0.231 e. The van der Waals surface area contributed by atoms with Crippen molar-refractivity contribution >= 4 is 33.4 Å². The molecule has 10 heteroatoms. The van der Waals surface area contributed by atoms with Crippen LogP contribution in [-0.4, -0.2) is 38.1 Å². The van der Waals surface area contributed by atoms with E-state index < -0.39 is 0 Å². The van der Waals surface area contributed by atoms with E-state index in [4.69, 9.17) is 29.4 Å². The molecule has 1 aliphatic rings. The average molecular weight is 475 g/mol. The van der Waals surface area contributed by atoms with Crippen LogP contribution in [0, 0.1) is 0 Å². The number of benzene rings is 2. The quantitative estimate of drug-likeness (QED) is 0.547. The first kappa shape index (κ1) is 19.9. The Morgan fingerprint density at radius 1 is 1.03 bits per heavy atom. The Bertz CT molecular complexity index is 1110. The molecule has 0 radical (unpaired) electrons. The summed E-state index contributed by atoms with van der Waals surface area (Å²) in [5.74, 6) is 3.26. The fourth-order valence-electron chi connectivity index (χ4n) is 3.17. The maximum atomic E-state index is 6.26. The number of rotatable bonds is 6. The van der Waals surface area contributed by atoms with Gasteiger partial charge in [0.2, 0.25) is 18.5 Å². The summed E-state index contributed by atoms with van der Waals surface area (Å²) in [5, 5.41) is 3.11. The molecule has 30 heavy (non-hydrogen) atoms. The van der Waals surface area contributed by atoms with Gasteiger partial charge in [-0.05, 0) is 24.3 Å². The van der Waals surface area contributed by atoms with Crippen molar-refractivity contribution in [1.29, 1.82) is 0 Å². The van der Waals surface area contributed by atoms with Gasteiger partial charge in [0.05, 0.1) is 27.0 Å². The largest absolute Gasteiger partial charge is 0.493 e. The van der Waals surface area contributed by atoms with E-state index >= 15 is 0 Å². The lowest BCUT2D eigenvalue weighted by atomic mass is 10.1. The number of hydrogen-bond donors (Lipinski definition) is 2. The molecule has 1 aromatic heterocycles. The Morgan fingerprint density at radius 2 is 1.83 bits per heavy atom. The van der Waals surface area contributed by atoms with Crippen molar-refractivity contribution in [3.63, 3.8) is 0 Å². The standard InChI is InChI=1S/C20H19BrN4O5/c1-26-13-7-5-12(16(27-2)18(13)28-3)24-20-23-8-10(19(22)25-20)15-11(21)4-6-14-17(15)30-9-29-14/h4-8H,9H2,1-3H3,(H3,22,23,24,25). The summed E-state index contributed by atoms with van der Waals surface area (Å²) in [6.45, 7) is 0.151. The molecule has 2 aromatic carbocycles. The highest BCUT2D eigenvalue weighted by molar-refractivity contribution is 9.10. The lowest BCUT2D eigenvalue weighted by Crippen LogP contribution is -2.05. The predicted molar refractivity (Wildman–Crippen MR) is 115 cm³/mol. The maximum Gasteiger partial charge on any atom is 0.231 e. The molecular formula is C20H19BrN4O5. The molecule has 3 aromatic rings. The van der Waals surface area contributed by atoms with E-state index in [1.807, 2.05) is 12.1 Å². The van der Waals surface area contributed by atoms with Gasteiger partial charge in [-0.2, -0.15) is 4.98 Å². The molecule has 2 heterocycles. The minimum Gasteiger partial charge on any atom is -0.493 e. The van der Waals surface area contributed by atoms with Crippen LogP contribution >= 0.6 is 15.9 Å². The minimum atomic E-state index is 0.151. The fourth-order valence-corrected chi connectivity index (χ4v) is 3.69. The van der Waals surface area contributed by atoms with Crippen LogP contribution in [0.4, 0.5) is 17.5 Å². The molecule has 0 saturated carbocycles. The van der Waals surface area contributed by atoms with Gasteiger partial charge in [0.15, 0.2) is 23.0 Å². The molecule has 3 N–H and O–H groups in total. The zero-order valence-electron chi connectivity index (χ0n) is 16.5. The first-order valence-electron chi connectivity index (χ1n) is 8.84. The molecule has 0 spiro atoms. The highest BCUT2D eigenvalue weighted by atomic mass is 79.9. The molecule has 0 unspecified atom stereocenters. The summed E-state index contributed by atoms with van der Waals surface area (Å²) < 4.78 is 28.0. The van der Waals surface area contributed by atoms with Gasteiger partial charge in [0.1, 0.15) is 5.82 Å². The van der Waals surface area contributed by atoms with Crippen LogP contribution in [0.3, 0.4) is 0 Å². The summed E-state index contributed by atoms with van der Waals surface area (Å²) >= 11 is 3.54. The lowest BCUT2D eigenvalue weighted by molar-refractivity contribution is 0.174. The molecule has 0 atom stereocenters. The minimum absolute atomic E-state index is 0.151. The first-order chi connectivity index (χ1) is 14.6. The molecule has 156 valence electrons. The van der Waals surface area contributed by atoms with Crippen LogP contribution in [0.15, 0.2) is 34.9 Å². The average Bonchev–Trinajstić information content (AvgIpc) is 3.23. The van der Waals surface area contributed by atoms with E-state index in [2.05, 4.69) is 31.2 Å². The normalized spacial score (nSPS) is 11.9. The summed E-state index contributed by atoms with van der Waals surface area (Å²) in [5.41, 5.74) is 8.21. The van der Waals surface area contributed by atoms with E-state index in [9.17, 15) is 0 Å². The van der Waals surface area contributed by atoms with Crippen LogP contribution in [0.2, 0.25) is 0 Å². The van der Waals surface area contributed by atoms with Gasteiger partial charge >= 0.3 is 0 Å². The zero-order valence-corrected chi connectivity index (χ0v) is 18.1. The highest BCUT2D eigenvalue weighted by Gasteiger charge is 2.24. The Kier molecular flexibility index (Phi) is 5.40. The SMILES string of the molecule is COc1ccc(Nc2ncc(-c3c(Br)ccc4c3OCO4)c(N)n2)c(OC)c1OC. The third-order valence-corrected chi connectivity index (χ3v) is 5.19. The van der Waals surface area contributed by atoms with Crippen molar-refractivity contribution in [2.45, 2.75) is 0 Å². The lowest BCUT2D eigenvalue weighted by Gasteiger charge is -2.16. The van der Waals surface area contributed by atoms with Crippen molar-refractivity contribution in [2.24, 2.45) is 0 Å². The summed E-state index contributed by atoms with van der Waals surface area (Å²) in [6.07, 6.45) is 1.62. The van der Waals surface area contributed by atoms with Gasteiger partial charge in [0, 0.05) is 21.8 Å². The van der Waals surface area contributed by atoms with E-state index in [0.717, 1.165) is 10.0 Å². The summed E-state index contributed by atoms with van der Waals surface area (Å²) in [7, 11) is 4.63. The molecule has 9 nitrogen and oxygen atoms in total. The van der Waals surface area contributed by atoms with E-state index in [1.54, 1.807) is 25.4 Å². The molecule has 0 fully saturated rings. The van der Waals surface area contributed by atoms with Gasteiger partial charge in [-0.15, -0.1) is 0 Å². The van der Waals surface area contributed by atoms with Crippen molar-refractivity contribution in [3.8, 4) is 39.9 Å². The van der Waals surface area contributed by atoms with E-state index in [-0.39, 0.29) is 12.6 Å². The van der Waals surface area contributed by atoms with E-state index in [1.165, 1.54) is 14.2 Å². The zero-order chi connectivity index (χ0) is 21.3. The number of hydrogen-bond acceptors (Lipinski definition) is 9. The number of nitrogens with two attached hydrogens (primary N) is 1. The number of aromatic nitrogens is 2. The van der Waals surface area contributed by atoms with Gasteiger partial charge in [-0.1, -0.05) is 15.9 Å². The van der Waals surface area contributed by atoms with Crippen LogP contribution in [-0.2, 0) is 0 Å². The molecular weight excluding hydrogens is 456 g/mol. The second-order valence-corrected chi connectivity index (χ2v) is 7.01. The van der Waals surface area contributed by atoms with Crippen molar-refractivity contribution < 1.29 is 23.7 Å². The highest BCUT2D eigenvalue weighted by Crippen LogP contribution is 2.47. The number of methoxy groups -OCH3 is 3. The molecule has 0 aliphatic carbocycles. The third kappa shape index (κ3) is 3.39. The van der Waals surface area contributed by atoms with Gasteiger partial charge < -0.3 is 34.7 Å². The fraction of sp³-hybridized carbons (Fsp3) is 0.200. The van der Waals surface area contributed by atoms with Crippen LogP contribution in [0.5, 0.6) is 28.7 Å². The Hall–Kier alpha value is -3.40. The number of nitrogens with zero attached hydrogens (tertiary/aromatic N) is 2. The Labute approximate surface area is 181 Å².